The Morgan fingerprint density at radius 2 is 1.82 bits per heavy atom. The zero-order valence-electron chi connectivity index (χ0n) is 18.5. The summed E-state index contributed by atoms with van der Waals surface area (Å²) in [6.07, 6.45) is 0. The first-order valence-corrected chi connectivity index (χ1v) is 9.91. The highest BCUT2D eigenvalue weighted by Gasteiger charge is 2.32. The number of esters is 1. The molecule has 11 heteroatoms. The predicted molar refractivity (Wildman–Crippen MR) is 116 cm³/mol. The highest BCUT2D eigenvalue weighted by molar-refractivity contribution is 6.14. The fourth-order valence-corrected chi connectivity index (χ4v) is 3.24. The van der Waals surface area contributed by atoms with Crippen molar-refractivity contribution in [1.29, 1.82) is 0 Å². The second-order valence-electron chi connectivity index (χ2n) is 6.94. The first-order valence-electron chi connectivity index (χ1n) is 9.91. The maximum atomic E-state index is 13.3. The molecule has 1 aromatic heterocycles. The van der Waals surface area contributed by atoms with Gasteiger partial charge < -0.3 is 14.2 Å². The molecule has 0 aliphatic carbocycles. The summed E-state index contributed by atoms with van der Waals surface area (Å²) in [6, 6.07) is 9.51. The Bertz CT molecular complexity index is 1200. The van der Waals surface area contributed by atoms with Crippen LogP contribution in [0.1, 0.15) is 44.6 Å². The number of methoxy groups -OCH3 is 2. The van der Waals surface area contributed by atoms with E-state index in [4.69, 9.17) is 14.2 Å². The van der Waals surface area contributed by atoms with Crippen LogP contribution in [0.5, 0.6) is 11.5 Å². The van der Waals surface area contributed by atoms with Gasteiger partial charge in [0, 0.05) is 6.07 Å². The molecular weight excluding hydrogens is 432 g/mol. The van der Waals surface area contributed by atoms with Crippen molar-refractivity contribution in [3.05, 3.63) is 74.6 Å². The van der Waals surface area contributed by atoms with E-state index in [-0.39, 0.29) is 35.9 Å². The predicted octanol–water partition coefficient (Wildman–Crippen LogP) is 2.97. The van der Waals surface area contributed by atoms with Crippen LogP contribution >= 0.6 is 0 Å². The second kappa shape index (κ2) is 9.90. The van der Waals surface area contributed by atoms with Crippen LogP contribution in [0, 0.1) is 17.0 Å². The third kappa shape index (κ3) is 4.81. The third-order valence-corrected chi connectivity index (χ3v) is 4.86. The largest absolute Gasteiger partial charge is 0.497 e. The lowest BCUT2D eigenvalue weighted by atomic mass is 10.0. The van der Waals surface area contributed by atoms with Gasteiger partial charge in [-0.05, 0) is 43.2 Å². The van der Waals surface area contributed by atoms with Gasteiger partial charge in [-0.3, -0.25) is 14.9 Å². The van der Waals surface area contributed by atoms with Gasteiger partial charge in [-0.1, -0.05) is 17.3 Å². The van der Waals surface area contributed by atoms with Crippen molar-refractivity contribution >= 4 is 17.4 Å². The first kappa shape index (κ1) is 23.4. The molecule has 0 atom stereocenters. The fraction of sp³-hybridized carbons (Fsp3) is 0.273. The average Bonchev–Trinajstić information content (AvgIpc) is 3.22. The van der Waals surface area contributed by atoms with Gasteiger partial charge in [0.15, 0.2) is 11.4 Å². The van der Waals surface area contributed by atoms with Crippen molar-refractivity contribution in [2.45, 2.75) is 20.4 Å². The number of carbonyl (C=O) groups excluding carboxylic acids is 2. The smallest absolute Gasteiger partial charge is 0.359 e. The van der Waals surface area contributed by atoms with Crippen LogP contribution in [0.25, 0.3) is 0 Å². The zero-order chi connectivity index (χ0) is 24.1. The number of nitro benzene ring substituents is 1. The molecule has 0 unspecified atom stereocenters. The van der Waals surface area contributed by atoms with Gasteiger partial charge in [0.1, 0.15) is 17.1 Å². The van der Waals surface area contributed by atoms with Gasteiger partial charge in [0.05, 0.1) is 32.3 Å². The Hall–Kier alpha value is -4.28. The quantitative estimate of drug-likeness (QED) is 0.207. The summed E-state index contributed by atoms with van der Waals surface area (Å²) in [5.74, 6) is -0.725. The average molecular weight is 454 g/mol. The number of aromatic nitrogens is 3. The van der Waals surface area contributed by atoms with Gasteiger partial charge in [-0.2, -0.15) is 0 Å². The number of ketones is 1. The maximum absolute atomic E-state index is 13.3. The van der Waals surface area contributed by atoms with Crippen LogP contribution in [0.4, 0.5) is 5.69 Å². The highest BCUT2D eigenvalue weighted by Crippen LogP contribution is 2.30. The SMILES string of the molecule is CCOC(=O)c1c(C(=O)c2cc(OC)c(C)cc2[N+](=O)[O-])nnn1Cc1ccc(OC)cc1. The molecule has 3 rings (SSSR count). The Morgan fingerprint density at radius 3 is 2.39 bits per heavy atom. The molecule has 0 fully saturated rings. The fourth-order valence-electron chi connectivity index (χ4n) is 3.24. The summed E-state index contributed by atoms with van der Waals surface area (Å²) in [5.41, 5.74) is -0.0208. The van der Waals surface area contributed by atoms with Crippen LogP contribution < -0.4 is 9.47 Å². The Kier molecular flexibility index (Phi) is 7.01. The number of carbonyl (C=O) groups is 2. The van der Waals surface area contributed by atoms with Crippen LogP contribution in [0.3, 0.4) is 0 Å². The van der Waals surface area contributed by atoms with Gasteiger partial charge in [0.2, 0.25) is 5.78 Å². The number of nitro groups is 1. The summed E-state index contributed by atoms with van der Waals surface area (Å²) < 4.78 is 16.7. The number of ether oxygens (including phenoxy) is 3. The Morgan fingerprint density at radius 1 is 1.12 bits per heavy atom. The molecule has 3 aromatic rings. The zero-order valence-corrected chi connectivity index (χ0v) is 18.5. The normalized spacial score (nSPS) is 10.5. The van der Waals surface area contributed by atoms with Gasteiger partial charge in [0.25, 0.3) is 5.69 Å². The van der Waals surface area contributed by atoms with Crippen molar-refractivity contribution in [3.8, 4) is 11.5 Å². The standard InChI is InChI=1S/C22H22N4O7/c1-5-33-22(28)20-19(23-24-25(20)12-14-6-8-15(31-3)9-7-14)21(27)16-11-18(32-4)13(2)10-17(16)26(29)30/h6-11H,5,12H2,1-4H3. The molecule has 33 heavy (non-hydrogen) atoms. The number of hydrogen-bond acceptors (Lipinski definition) is 9. The molecule has 2 aromatic carbocycles. The molecule has 0 bridgehead atoms. The van der Waals surface area contributed by atoms with E-state index in [1.165, 1.54) is 23.9 Å². The molecule has 0 radical (unpaired) electrons. The van der Waals surface area contributed by atoms with E-state index in [0.29, 0.717) is 11.3 Å². The molecule has 0 N–H and O–H groups in total. The van der Waals surface area contributed by atoms with E-state index in [1.54, 1.807) is 45.2 Å². The van der Waals surface area contributed by atoms with Crippen molar-refractivity contribution in [2.75, 3.05) is 20.8 Å². The molecule has 0 saturated heterocycles. The topological polar surface area (TPSA) is 136 Å². The number of hydrogen-bond donors (Lipinski definition) is 0. The Balaban J connectivity index is 2.10. The lowest BCUT2D eigenvalue weighted by molar-refractivity contribution is -0.385. The monoisotopic (exact) mass is 454 g/mol. The summed E-state index contributed by atoms with van der Waals surface area (Å²) in [7, 11) is 2.93. The summed E-state index contributed by atoms with van der Waals surface area (Å²) in [6.45, 7) is 3.40. The minimum absolute atomic E-state index is 0.0542. The second-order valence-corrected chi connectivity index (χ2v) is 6.94. The maximum Gasteiger partial charge on any atom is 0.359 e. The third-order valence-electron chi connectivity index (χ3n) is 4.86. The molecule has 1 heterocycles. The van der Waals surface area contributed by atoms with E-state index in [9.17, 15) is 19.7 Å². The highest BCUT2D eigenvalue weighted by atomic mass is 16.6. The number of rotatable bonds is 9. The molecule has 11 nitrogen and oxygen atoms in total. The van der Waals surface area contributed by atoms with Crippen LogP contribution in [-0.4, -0.2) is 52.5 Å². The van der Waals surface area contributed by atoms with E-state index in [2.05, 4.69) is 10.3 Å². The van der Waals surface area contributed by atoms with Crippen LogP contribution in [0.15, 0.2) is 36.4 Å². The Labute approximate surface area is 189 Å². The lowest BCUT2D eigenvalue weighted by Gasteiger charge is -2.10. The minimum atomic E-state index is -0.843. The van der Waals surface area contributed by atoms with E-state index in [0.717, 1.165) is 5.56 Å². The van der Waals surface area contributed by atoms with Gasteiger partial charge in [-0.25, -0.2) is 9.48 Å². The van der Waals surface area contributed by atoms with Crippen LogP contribution in [-0.2, 0) is 11.3 Å². The van der Waals surface area contributed by atoms with Gasteiger partial charge in [-0.15, -0.1) is 5.10 Å². The molecule has 0 saturated carbocycles. The minimum Gasteiger partial charge on any atom is -0.497 e. The molecule has 0 spiro atoms. The van der Waals surface area contributed by atoms with Gasteiger partial charge >= 0.3 is 5.97 Å². The van der Waals surface area contributed by atoms with Crippen molar-refractivity contribution in [3.63, 3.8) is 0 Å². The van der Waals surface area contributed by atoms with Crippen molar-refractivity contribution < 1.29 is 28.7 Å². The lowest BCUT2D eigenvalue weighted by Crippen LogP contribution is -2.18. The molecular formula is C22H22N4O7. The van der Waals surface area contributed by atoms with Crippen molar-refractivity contribution in [2.24, 2.45) is 0 Å². The molecule has 0 aliphatic heterocycles. The summed E-state index contributed by atoms with van der Waals surface area (Å²) in [4.78, 5) is 37.0. The van der Waals surface area contributed by atoms with Crippen molar-refractivity contribution in [1.82, 2.24) is 15.0 Å². The summed E-state index contributed by atoms with van der Waals surface area (Å²) in [5, 5.41) is 19.4. The van der Waals surface area contributed by atoms with E-state index < -0.39 is 22.4 Å². The summed E-state index contributed by atoms with van der Waals surface area (Å²) >= 11 is 0. The number of nitrogens with zero attached hydrogens (tertiary/aromatic N) is 4. The first-order chi connectivity index (χ1) is 15.8. The number of benzene rings is 2. The molecule has 172 valence electrons. The van der Waals surface area contributed by atoms with E-state index in [1.807, 2.05) is 0 Å². The molecule has 0 aliphatic rings. The van der Waals surface area contributed by atoms with E-state index >= 15 is 0 Å². The molecule has 0 amide bonds. The van der Waals surface area contributed by atoms with Crippen LogP contribution in [0.2, 0.25) is 0 Å². The number of aryl methyl sites for hydroxylation is 1.